The van der Waals surface area contributed by atoms with Crippen molar-refractivity contribution in [3.63, 3.8) is 0 Å². The van der Waals surface area contributed by atoms with Crippen molar-refractivity contribution in [3.05, 3.63) is 48.3 Å². The van der Waals surface area contributed by atoms with Gasteiger partial charge in [0.25, 0.3) is 0 Å². The first-order valence-electron chi connectivity index (χ1n) is 4.93. The van der Waals surface area contributed by atoms with Crippen LogP contribution < -0.4 is 4.74 Å². The first kappa shape index (κ1) is 12.0. The fourth-order valence-electron chi connectivity index (χ4n) is 1.51. The fourth-order valence-corrected chi connectivity index (χ4v) is 1.51. The highest BCUT2D eigenvalue weighted by Crippen LogP contribution is 2.24. The van der Waals surface area contributed by atoms with Crippen molar-refractivity contribution in [3.8, 4) is 17.5 Å². The molecule has 0 aliphatic heterocycles. The van der Waals surface area contributed by atoms with Crippen LogP contribution in [0.25, 0.3) is 5.69 Å². The summed E-state index contributed by atoms with van der Waals surface area (Å²) < 4.78 is 41.2. The zero-order valence-electron chi connectivity index (χ0n) is 8.98. The molecular weight excluding hydrogens is 245 g/mol. The van der Waals surface area contributed by atoms with Crippen molar-refractivity contribution in [2.75, 3.05) is 0 Å². The van der Waals surface area contributed by atoms with Crippen LogP contribution in [0, 0.1) is 11.3 Å². The number of nitrogens with zero attached hydrogens (tertiary/aromatic N) is 2. The maximum Gasteiger partial charge on any atom is 0.573 e. The van der Waals surface area contributed by atoms with Crippen molar-refractivity contribution in [1.29, 1.82) is 5.26 Å². The zero-order valence-corrected chi connectivity index (χ0v) is 8.98. The lowest BCUT2D eigenvalue weighted by atomic mass is 10.3. The average molecular weight is 252 g/mol. The lowest BCUT2D eigenvalue weighted by Crippen LogP contribution is -2.17. The predicted octanol–water partition coefficient (Wildman–Crippen LogP) is 3.25. The molecule has 3 nitrogen and oxygen atoms in total. The van der Waals surface area contributed by atoms with Gasteiger partial charge in [-0.25, -0.2) is 0 Å². The normalized spacial score (nSPS) is 11.0. The Hall–Kier alpha value is -2.42. The lowest BCUT2D eigenvalue weighted by Gasteiger charge is -2.10. The number of hydrogen-bond donors (Lipinski definition) is 0. The van der Waals surface area contributed by atoms with Crippen molar-refractivity contribution in [2.24, 2.45) is 0 Å². The smallest absolute Gasteiger partial charge is 0.406 e. The zero-order chi connectivity index (χ0) is 13.2. The summed E-state index contributed by atoms with van der Waals surface area (Å²) in [7, 11) is 0. The first-order valence-corrected chi connectivity index (χ1v) is 4.93. The van der Waals surface area contributed by atoms with Crippen LogP contribution in [0.4, 0.5) is 13.2 Å². The van der Waals surface area contributed by atoms with E-state index in [1.165, 1.54) is 24.3 Å². The van der Waals surface area contributed by atoms with Gasteiger partial charge in [0.05, 0.1) is 0 Å². The van der Waals surface area contributed by atoms with Crippen LogP contribution in [0.15, 0.2) is 42.6 Å². The number of halogens is 3. The second-order valence-electron chi connectivity index (χ2n) is 3.42. The molecule has 0 spiro atoms. The summed E-state index contributed by atoms with van der Waals surface area (Å²) in [5.74, 6) is -0.295. The molecule has 0 unspecified atom stereocenters. The number of benzene rings is 1. The van der Waals surface area contributed by atoms with Gasteiger partial charge >= 0.3 is 6.36 Å². The molecule has 2 rings (SSSR count). The maximum absolute atomic E-state index is 12.0. The van der Waals surface area contributed by atoms with E-state index in [1.54, 1.807) is 22.9 Å². The van der Waals surface area contributed by atoms with Crippen LogP contribution in [0.5, 0.6) is 5.75 Å². The molecule has 1 heterocycles. The molecule has 0 aliphatic rings. The molecule has 2 aromatic rings. The Labute approximate surface area is 101 Å². The minimum absolute atomic E-state index is 0.295. The van der Waals surface area contributed by atoms with Crippen LogP contribution in [0.2, 0.25) is 0 Å². The highest BCUT2D eigenvalue weighted by molar-refractivity contribution is 5.42. The molecule has 18 heavy (non-hydrogen) atoms. The van der Waals surface area contributed by atoms with Gasteiger partial charge in [-0.05, 0) is 36.4 Å². The van der Waals surface area contributed by atoms with E-state index in [2.05, 4.69) is 4.74 Å². The summed E-state index contributed by atoms with van der Waals surface area (Å²) in [5, 5.41) is 8.83. The van der Waals surface area contributed by atoms with Crippen LogP contribution >= 0.6 is 0 Å². The summed E-state index contributed by atoms with van der Waals surface area (Å²) in [6.45, 7) is 0. The van der Waals surface area contributed by atoms with Crippen LogP contribution in [0.3, 0.4) is 0 Å². The van der Waals surface area contributed by atoms with E-state index in [0.29, 0.717) is 11.4 Å². The Morgan fingerprint density at radius 1 is 1.11 bits per heavy atom. The number of alkyl halides is 3. The molecule has 1 aromatic carbocycles. The highest BCUT2D eigenvalue weighted by atomic mass is 19.4. The van der Waals surface area contributed by atoms with E-state index in [1.807, 2.05) is 6.07 Å². The van der Waals surface area contributed by atoms with Gasteiger partial charge in [0, 0.05) is 11.9 Å². The van der Waals surface area contributed by atoms with E-state index in [4.69, 9.17) is 5.26 Å². The monoisotopic (exact) mass is 252 g/mol. The van der Waals surface area contributed by atoms with Gasteiger partial charge in [-0.2, -0.15) is 5.26 Å². The average Bonchev–Trinajstić information content (AvgIpc) is 2.76. The lowest BCUT2D eigenvalue weighted by molar-refractivity contribution is -0.274. The SMILES string of the molecule is N#Cc1cccn1-c1ccc(OC(F)(F)F)cc1. The Kier molecular flexibility index (Phi) is 2.98. The molecular formula is C12H7F3N2O. The van der Waals surface area contributed by atoms with E-state index < -0.39 is 6.36 Å². The van der Waals surface area contributed by atoms with Gasteiger partial charge in [0.1, 0.15) is 17.5 Å². The molecule has 0 saturated heterocycles. The molecule has 0 saturated carbocycles. The van der Waals surface area contributed by atoms with Crippen molar-refractivity contribution >= 4 is 0 Å². The second kappa shape index (κ2) is 4.45. The number of aromatic nitrogens is 1. The maximum atomic E-state index is 12.0. The van der Waals surface area contributed by atoms with E-state index in [9.17, 15) is 13.2 Å². The molecule has 1 aromatic heterocycles. The van der Waals surface area contributed by atoms with Crippen LogP contribution in [-0.2, 0) is 0 Å². The molecule has 0 bridgehead atoms. The molecule has 0 radical (unpaired) electrons. The number of ether oxygens (including phenoxy) is 1. The molecule has 0 N–H and O–H groups in total. The summed E-state index contributed by atoms with van der Waals surface area (Å²) in [5.41, 5.74) is 0.991. The van der Waals surface area contributed by atoms with E-state index in [0.717, 1.165) is 0 Å². The van der Waals surface area contributed by atoms with Gasteiger partial charge in [-0.15, -0.1) is 13.2 Å². The highest BCUT2D eigenvalue weighted by Gasteiger charge is 2.30. The summed E-state index contributed by atoms with van der Waals surface area (Å²) in [4.78, 5) is 0. The van der Waals surface area contributed by atoms with Gasteiger partial charge < -0.3 is 9.30 Å². The van der Waals surface area contributed by atoms with Crippen LogP contribution in [0.1, 0.15) is 5.69 Å². The minimum Gasteiger partial charge on any atom is -0.406 e. The molecule has 0 amide bonds. The second-order valence-corrected chi connectivity index (χ2v) is 3.42. The molecule has 6 heteroatoms. The largest absolute Gasteiger partial charge is 0.573 e. The minimum atomic E-state index is -4.70. The quantitative estimate of drug-likeness (QED) is 0.822. The fraction of sp³-hybridized carbons (Fsp3) is 0.0833. The third-order valence-electron chi connectivity index (χ3n) is 2.21. The van der Waals surface area contributed by atoms with Gasteiger partial charge in [0.15, 0.2) is 0 Å². The van der Waals surface area contributed by atoms with E-state index >= 15 is 0 Å². The summed E-state index contributed by atoms with van der Waals surface area (Å²) in [6.07, 6.45) is -3.05. The Bertz CT molecular complexity index is 579. The van der Waals surface area contributed by atoms with Crippen molar-refractivity contribution in [2.45, 2.75) is 6.36 Å². The van der Waals surface area contributed by atoms with Crippen molar-refractivity contribution < 1.29 is 17.9 Å². The third kappa shape index (κ3) is 2.63. The number of nitriles is 1. The van der Waals surface area contributed by atoms with Crippen LogP contribution in [-0.4, -0.2) is 10.9 Å². The van der Waals surface area contributed by atoms with Gasteiger partial charge in [-0.1, -0.05) is 0 Å². The summed E-state index contributed by atoms with van der Waals surface area (Å²) >= 11 is 0. The third-order valence-corrected chi connectivity index (χ3v) is 2.21. The van der Waals surface area contributed by atoms with E-state index in [-0.39, 0.29) is 5.75 Å². The molecule has 0 fully saturated rings. The van der Waals surface area contributed by atoms with Gasteiger partial charge in [-0.3, -0.25) is 0 Å². The summed E-state index contributed by atoms with van der Waals surface area (Å²) in [6, 6.07) is 10.6. The molecule has 0 aliphatic carbocycles. The Morgan fingerprint density at radius 3 is 2.33 bits per heavy atom. The topological polar surface area (TPSA) is 38.0 Å². The molecule has 92 valence electrons. The predicted molar refractivity (Wildman–Crippen MR) is 57.2 cm³/mol. The van der Waals surface area contributed by atoms with Crippen molar-refractivity contribution in [1.82, 2.24) is 4.57 Å². The Morgan fingerprint density at radius 2 is 1.78 bits per heavy atom. The number of hydrogen-bond acceptors (Lipinski definition) is 2. The number of rotatable bonds is 2. The van der Waals surface area contributed by atoms with Gasteiger partial charge in [0.2, 0.25) is 0 Å². The Balaban J connectivity index is 2.26. The first-order chi connectivity index (χ1) is 8.49. The molecule has 0 atom stereocenters. The standard InChI is InChI=1S/C12H7F3N2O/c13-12(14,15)18-11-5-3-9(4-6-11)17-7-1-2-10(17)8-16/h1-7H.